The Morgan fingerprint density at radius 2 is 1.85 bits per heavy atom. The number of benzene rings is 2. The molecule has 20 heavy (non-hydrogen) atoms. The summed E-state index contributed by atoms with van der Waals surface area (Å²) < 4.78 is 5.39. The van der Waals surface area contributed by atoms with Crippen LogP contribution in [0.3, 0.4) is 0 Å². The minimum absolute atomic E-state index is 0.352. The molecule has 0 unspecified atom stereocenters. The van der Waals surface area contributed by atoms with Crippen molar-refractivity contribution in [3.63, 3.8) is 0 Å². The Labute approximate surface area is 119 Å². The average Bonchev–Trinajstić information content (AvgIpc) is 2.47. The molecule has 3 heteroatoms. The third kappa shape index (κ3) is 3.45. The van der Waals surface area contributed by atoms with Gasteiger partial charge in [-0.25, -0.2) is 4.79 Å². The number of hydrogen-bond acceptors (Lipinski definition) is 3. The lowest BCUT2D eigenvalue weighted by Gasteiger charge is -2.09. The summed E-state index contributed by atoms with van der Waals surface area (Å²) in [5, 5.41) is 0. The van der Waals surface area contributed by atoms with E-state index in [0.29, 0.717) is 23.8 Å². The Morgan fingerprint density at radius 1 is 1.15 bits per heavy atom. The number of carbonyl (C=O) groups is 1. The van der Waals surface area contributed by atoms with Gasteiger partial charge in [-0.05, 0) is 41.3 Å². The van der Waals surface area contributed by atoms with Gasteiger partial charge < -0.3 is 10.5 Å². The molecule has 0 amide bonds. The van der Waals surface area contributed by atoms with Crippen LogP contribution in [0.5, 0.6) is 5.75 Å². The number of ether oxygens (including phenoxy) is 1. The van der Waals surface area contributed by atoms with Gasteiger partial charge >= 0.3 is 5.97 Å². The molecule has 0 aliphatic carbocycles. The van der Waals surface area contributed by atoms with E-state index < -0.39 is 0 Å². The maximum atomic E-state index is 12.0. The molecule has 0 spiro atoms. The molecule has 104 valence electrons. The molecule has 3 nitrogen and oxygen atoms in total. The van der Waals surface area contributed by atoms with Crippen LogP contribution < -0.4 is 10.5 Å². The van der Waals surface area contributed by atoms with Crippen molar-refractivity contribution in [2.24, 2.45) is 5.73 Å². The standard InChI is InChI=1S/C17H19NO2/c1-12(2)15-4-3-5-16(10-15)20-17(19)14-8-6-13(11-18)7-9-14/h3-10,12H,11,18H2,1-2H3. The molecular weight excluding hydrogens is 250 g/mol. The second-order valence-corrected chi connectivity index (χ2v) is 5.02. The van der Waals surface area contributed by atoms with Gasteiger partial charge in [-0.3, -0.25) is 0 Å². The van der Waals surface area contributed by atoms with Crippen LogP contribution in [0, 0.1) is 0 Å². The fourth-order valence-electron chi connectivity index (χ4n) is 1.88. The van der Waals surface area contributed by atoms with E-state index in [0.717, 1.165) is 11.1 Å². The first-order valence-electron chi connectivity index (χ1n) is 6.71. The minimum Gasteiger partial charge on any atom is -0.423 e. The summed E-state index contributed by atoms with van der Waals surface area (Å²) in [4.78, 5) is 12.0. The highest BCUT2D eigenvalue weighted by Gasteiger charge is 2.09. The van der Waals surface area contributed by atoms with Crippen molar-refractivity contribution < 1.29 is 9.53 Å². The molecule has 0 saturated heterocycles. The third-order valence-electron chi connectivity index (χ3n) is 3.16. The van der Waals surface area contributed by atoms with Crippen molar-refractivity contribution in [3.8, 4) is 5.75 Å². The summed E-state index contributed by atoms with van der Waals surface area (Å²) in [5.74, 6) is 0.621. The first kappa shape index (κ1) is 14.3. The largest absolute Gasteiger partial charge is 0.423 e. The maximum Gasteiger partial charge on any atom is 0.343 e. The molecule has 2 aromatic rings. The van der Waals surface area contributed by atoms with Crippen molar-refractivity contribution in [2.45, 2.75) is 26.3 Å². The van der Waals surface area contributed by atoms with Gasteiger partial charge in [0.1, 0.15) is 5.75 Å². The molecule has 0 heterocycles. The third-order valence-corrected chi connectivity index (χ3v) is 3.16. The van der Waals surface area contributed by atoms with E-state index in [2.05, 4.69) is 13.8 Å². The van der Waals surface area contributed by atoms with Crippen LogP contribution in [0.1, 0.15) is 41.3 Å². The van der Waals surface area contributed by atoms with Crippen molar-refractivity contribution in [3.05, 3.63) is 65.2 Å². The lowest BCUT2D eigenvalue weighted by molar-refractivity contribution is 0.0734. The zero-order valence-corrected chi connectivity index (χ0v) is 11.8. The maximum absolute atomic E-state index is 12.0. The fourth-order valence-corrected chi connectivity index (χ4v) is 1.88. The normalized spacial score (nSPS) is 10.6. The van der Waals surface area contributed by atoms with E-state index in [1.165, 1.54) is 0 Å². The minimum atomic E-state index is -0.352. The van der Waals surface area contributed by atoms with Crippen LogP contribution in [0.4, 0.5) is 0 Å². The van der Waals surface area contributed by atoms with Crippen LogP contribution in [-0.4, -0.2) is 5.97 Å². The second kappa shape index (κ2) is 6.35. The molecule has 2 aromatic carbocycles. The summed E-state index contributed by atoms with van der Waals surface area (Å²) in [6.45, 7) is 4.67. The summed E-state index contributed by atoms with van der Waals surface area (Å²) in [5.41, 5.74) is 8.19. The number of esters is 1. The van der Waals surface area contributed by atoms with Gasteiger partial charge in [0, 0.05) is 6.54 Å². The molecule has 0 atom stereocenters. The first-order chi connectivity index (χ1) is 9.60. The number of rotatable bonds is 4. The Bertz CT molecular complexity index is 588. The summed E-state index contributed by atoms with van der Waals surface area (Å²) in [6.07, 6.45) is 0. The molecule has 2 rings (SSSR count). The van der Waals surface area contributed by atoms with Gasteiger partial charge in [0.05, 0.1) is 5.56 Å². The SMILES string of the molecule is CC(C)c1cccc(OC(=O)c2ccc(CN)cc2)c1. The van der Waals surface area contributed by atoms with Crippen LogP contribution in [-0.2, 0) is 6.54 Å². The summed E-state index contributed by atoms with van der Waals surface area (Å²) in [7, 11) is 0. The number of carbonyl (C=O) groups excluding carboxylic acids is 1. The van der Waals surface area contributed by atoms with Crippen LogP contribution in [0.15, 0.2) is 48.5 Å². The highest BCUT2D eigenvalue weighted by Crippen LogP contribution is 2.21. The molecule has 0 aliphatic heterocycles. The van der Waals surface area contributed by atoms with Crippen molar-refractivity contribution >= 4 is 5.97 Å². The molecule has 0 radical (unpaired) electrons. The van der Waals surface area contributed by atoms with Gasteiger partial charge in [0.15, 0.2) is 0 Å². The van der Waals surface area contributed by atoms with Gasteiger partial charge in [0.25, 0.3) is 0 Å². The average molecular weight is 269 g/mol. The van der Waals surface area contributed by atoms with E-state index in [1.807, 2.05) is 30.3 Å². The van der Waals surface area contributed by atoms with Crippen LogP contribution in [0.25, 0.3) is 0 Å². The van der Waals surface area contributed by atoms with E-state index in [1.54, 1.807) is 18.2 Å². The zero-order chi connectivity index (χ0) is 14.5. The van der Waals surface area contributed by atoms with Gasteiger partial charge in [-0.1, -0.05) is 38.1 Å². The Hall–Kier alpha value is -2.13. The topological polar surface area (TPSA) is 52.3 Å². The molecule has 0 bridgehead atoms. The molecule has 0 saturated carbocycles. The van der Waals surface area contributed by atoms with Crippen molar-refractivity contribution in [1.82, 2.24) is 0 Å². The van der Waals surface area contributed by atoms with Crippen LogP contribution >= 0.6 is 0 Å². The quantitative estimate of drug-likeness (QED) is 0.683. The molecule has 0 fully saturated rings. The summed E-state index contributed by atoms with van der Waals surface area (Å²) >= 11 is 0. The lowest BCUT2D eigenvalue weighted by atomic mass is 10.0. The first-order valence-corrected chi connectivity index (χ1v) is 6.71. The predicted octanol–water partition coefficient (Wildman–Crippen LogP) is 3.49. The lowest BCUT2D eigenvalue weighted by Crippen LogP contribution is -2.09. The van der Waals surface area contributed by atoms with E-state index in [9.17, 15) is 4.79 Å². The number of nitrogens with two attached hydrogens (primary N) is 1. The van der Waals surface area contributed by atoms with Crippen molar-refractivity contribution in [2.75, 3.05) is 0 Å². The monoisotopic (exact) mass is 269 g/mol. The zero-order valence-electron chi connectivity index (χ0n) is 11.8. The second-order valence-electron chi connectivity index (χ2n) is 5.02. The van der Waals surface area contributed by atoms with E-state index >= 15 is 0 Å². The molecule has 0 aromatic heterocycles. The Morgan fingerprint density at radius 3 is 2.45 bits per heavy atom. The number of hydrogen-bond donors (Lipinski definition) is 1. The highest BCUT2D eigenvalue weighted by atomic mass is 16.5. The highest BCUT2D eigenvalue weighted by molar-refractivity contribution is 5.91. The van der Waals surface area contributed by atoms with E-state index in [4.69, 9.17) is 10.5 Å². The van der Waals surface area contributed by atoms with Crippen LogP contribution in [0.2, 0.25) is 0 Å². The molecule has 0 aliphatic rings. The van der Waals surface area contributed by atoms with E-state index in [-0.39, 0.29) is 5.97 Å². The van der Waals surface area contributed by atoms with Crippen molar-refractivity contribution in [1.29, 1.82) is 0 Å². The molecular formula is C17H19NO2. The Kier molecular flexibility index (Phi) is 4.53. The van der Waals surface area contributed by atoms with Gasteiger partial charge in [0.2, 0.25) is 0 Å². The predicted molar refractivity (Wildman–Crippen MR) is 79.8 cm³/mol. The fraction of sp³-hybridized carbons (Fsp3) is 0.235. The van der Waals surface area contributed by atoms with Gasteiger partial charge in [-0.15, -0.1) is 0 Å². The molecule has 2 N–H and O–H groups in total. The Balaban J connectivity index is 2.12. The summed E-state index contributed by atoms with van der Waals surface area (Å²) in [6, 6.07) is 14.7. The van der Waals surface area contributed by atoms with Gasteiger partial charge in [-0.2, -0.15) is 0 Å². The smallest absolute Gasteiger partial charge is 0.343 e.